The van der Waals surface area contributed by atoms with Gasteiger partial charge in [0.1, 0.15) is 0 Å². The van der Waals surface area contributed by atoms with Crippen molar-refractivity contribution in [3.63, 3.8) is 0 Å². The van der Waals surface area contributed by atoms with Crippen molar-refractivity contribution in [2.45, 2.75) is 31.1 Å². The number of rotatable bonds is 4. The molecule has 0 aromatic heterocycles. The highest BCUT2D eigenvalue weighted by Crippen LogP contribution is 2.40. The van der Waals surface area contributed by atoms with Gasteiger partial charge < -0.3 is 0 Å². The average molecular weight is 332 g/mol. The maximum Gasteiger partial charge on any atom is 0.396 e. The predicted molar refractivity (Wildman–Crippen MR) is 75.1 cm³/mol. The smallest absolute Gasteiger partial charge is 0.171 e. The van der Waals surface area contributed by atoms with Gasteiger partial charge in [-0.05, 0) is 23.1 Å². The van der Waals surface area contributed by atoms with E-state index in [9.17, 15) is 26.3 Å². The third kappa shape index (κ3) is 5.01. The SMILES string of the molecule is FC(F)(F)Cc1ccccc1C(Cc1ccccc1)C(F)(F)F. The van der Waals surface area contributed by atoms with Gasteiger partial charge in [0, 0.05) is 0 Å². The molecule has 0 aliphatic heterocycles. The van der Waals surface area contributed by atoms with Gasteiger partial charge in [0.25, 0.3) is 0 Å². The number of benzene rings is 2. The van der Waals surface area contributed by atoms with Crippen LogP contribution in [0.1, 0.15) is 22.6 Å². The first-order chi connectivity index (χ1) is 10.7. The van der Waals surface area contributed by atoms with Crippen molar-refractivity contribution in [3.05, 3.63) is 71.3 Å². The fourth-order valence-electron chi connectivity index (χ4n) is 2.50. The third-order valence-corrected chi connectivity index (χ3v) is 3.50. The molecule has 0 amide bonds. The van der Waals surface area contributed by atoms with Crippen LogP contribution in [0.3, 0.4) is 0 Å². The Morgan fingerprint density at radius 3 is 1.87 bits per heavy atom. The number of halogens is 6. The van der Waals surface area contributed by atoms with E-state index in [0.717, 1.165) is 12.1 Å². The van der Waals surface area contributed by atoms with E-state index in [-0.39, 0.29) is 17.5 Å². The largest absolute Gasteiger partial charge is 0.396 e. The van der Waals surface area contributed by atoms with Gasteiger partial charge in [-0.1, -0.05) is 54.6 Å². The summed E-state index contributed by atoms with van der Waals surface area (Å²) in [6.07, 6.45) is -10.9. The fraction of sp³-hybridized carbons (Fsp3) is 0.294. The van der Waals surface area contributed by atoms with Crippen LogP contribution in [0.15, 0.2) is 54.6 Å². The molecule has 0 fully saturated rings. The topological polar surface area (TPSA) is 0 Å². The standard InChI is InChI=1S/C17H14F6/c18-16(19,20)11-13-8-4-5-9-14(13)15(17(21,22)23)10-12-6-2-1-3-7-12/h1-9,15H,10-11H2. The Hall–Kier alpha value is -1.98. The monoisotopic (exact) mass is 332 g/mol. The molecule has 0 bridgehead atoms. The lowest BCUT2D eigenvalue weighted by Crippen LogP contribution is -2.25. The van der Waals surface area contributed by atoms with Crippen LogP contribution in [-0.2, 0) is 12.8 Å². The van der Waals surface area contributed by atoms with E-state index in [1.54, 1.807) is 18.2 Å². The van der Waals surface area contributed by atoms with E-state index in [1.807, 2.05) is 0 Å². The Morgan fingerprint density at radius 1 is 0.739 bits per heavy atom. The minimum Gasteiger partial charge on any atom is -0.171 e. The molecule has 0 heterocycles. The predicted octanol–water partition coefficient (Wildman–Crippen LogP) is 5.68. The van der Waals surface area contributed by atoms with Gasteiger partial charge in [-0.2, -0.15) is 26.3 Å². The van der Waals surface area contributed by atoms with Gasteiger partial charge >= 0.3 is 12.4 Å². The molecule has 0 nitrogen and oxygen atoms in total. The van der Waals surface area contributed by atoms with Crippen LogP contribution in [0.4, 0.5) is 26.3 Å². The lowest BCUT2D eigenvalue weighted by atomic mass is 9.87. The molecule has 2 aromatic rings. The summed E-state index contributed by atoms with van der Waals surface area (Å²) < 4.78 is 78.2. The van der Waals surface area contributed by atoms with Crippen LogP contribution in [0.5, 0.6) is 0 Å². The highest BCUT2D eigenvalue weighted by atomic mass is 19.4. The van der Waals surface area contributed by atoms with Gasteiger partial charge in [0.05, 0.1) is 12.3 Å². The summed E-state index contributed by atoms with van der Waals surface area (Å²) in [7, 11) is 0. The van der Waals surface area contributed by atoms with E-state index in [0.29, 0.717) is 5.56 Å². The molecular formula is C17H14F6. The van der Waals surface area contributed by atoms with Crippen LogP contribution in [-0.4, -0.2) is 12.4 Å². The fourth-order valence-corrected chi connectivity index (χ4v) is 2.50. The summed E-state index contributed by atoms with van der Waals surface area (Å²) >= 11 is 0. The van der Waals surface area contributed by atoms with Crippen molar-refractivity contribution < 1.29 is 26.3 Å². The number of hydrogen-bond acceptors (Lipinski definition) is 0. The van der Waals surface area contributed by atoms with E-state index in [1.165, 1.54) is 24.3 Å². The molecule has 0 aliphatic carbocycles. The zero-order valence-corrected chi connectivity index (χ0v) is 12.0. The molecule has 0 aliphatic rings. The Morgan fingerprint density at radius 2 is 1.30 bits per heavy atom. The van der Waals surface area contributed by atoms with Crippen molar-refractivity contribution in [2.24, 2.45) is 0 Å². The second-order valence-electron chi connectivity index (χ2n) is 5.27. The molecule has 1 atom stereocenters. The molecule has 6 heteroatoms. The molecule has 0 radical (unpaired) electrons. The van der Waals surface area contributed by atoms with Crippen LogP contribution >= 0.6 is 0 Å². The average Bonchev–Trinajstić information content (AvgIpc) is 2.44. The van der Waals surface area contributed by atoms with Crippen LogP contribution in [0.25, 0.3) is 0 Å². The molecule has 124 valence electrons. The van der Waals surface area contributed by atoms with Gasteiger partial charge in [0.2, 0.25) is 0 Å². The molecule has 0 N–H and O–H groups in total. The molecular weight excluding hydrogens is 318 g/mol. The summed E-state index contributed by atoms with van der Waals surface area (Å²) in [5, 5.41) is 0. The normalized spacial score (nSPS) is 13.8. The molecule has 23 heavy (non-hydrogen) atoms. The lowest BCUT2D eigenvalue weighted by Gasteiger charge is -2.24. The summed E-state index contributed by atoms with van der Waals surface area (Å²) in [4.78, 5) is 0. The van der Waals surface area contributed by atoms with Crippen molar-refractivity contribution in [2.75, 3.05) is 0 Å². The van der Waals surface area contributed by atoms with Gasteiger partial charge in [-0.3, -0.25) is 0 Å². The van der Waals surface area contributed by atoms with Crippen molar-refractivity contribution >= 4 is 0 Å². The Kier molecular flexibility index (Phi) is 5.02. The lowest BCUT2D eigenvalue weighted by molar-refractivity contribution is -0.151. The first-order valence-corrected chi connectivity index (χ1v) is 6.92. The second kappa shape index (κ2) is 6.64. The van der Waals surface area contributed by atoms with E-state index in [4.69, 9.17) is 0 Å². The van der Waals surface area contributed by atoms with Gasteiger partial charge in [-0.25, -0.2) is 0 Å². The first kappa shape index (κ1) is 17.4. The summed E-state index contributed by atoms with van der Waals surface area (Å²) in [5.74, 6) is -1.97. The van der Waals surface area contributed by atoms with Crippen LogP contribution in [0.2, 0.25) is 0 Å². The molecule has 2 rings (SSSR count). The van der Waals surface area contributed by atoms with E-state index >= 15 is 0 Å². The maximum atomic E-state index is 13.4. The highest BCUT2D eigenvalue weighted by molar-refractivity contribution is 5.34. The Labute approximate surface area is 129 Å². The van der Waals surface area contributed by atoms with E-state index < -0.39 is 24.7 Å². The molecule has 0 spiro atoms. The third-order valence-electron chi connectivity index (χ3n) is 3.50. The summed E-state index contributed by atoms with van der Waals surface area (Å²) in [6, 6.07) is 12.8. The zero-order valence-electron chi connectivity index (χ0n) is 12.0. The minimum absolute atomic E-state index is 0.318. The number of hydrogen-bond donors (Lipinski definition) is 0. The van der Waals surface area contributed by atoms with Crippen molar-refractivity contribution in [1.82, 2.24) is 0 Å². The highest BCUT2D eigenvalue weighted by Gasteiger charge is 2.42. The Balaban J connectivity index is 2.41. The van der Waals surface area contributed by atoms with Gasteiger partial charge in [-0.15, -0.1) is 0 Å². The second-order valence-corrected chi connectivity index (χ2v) is 5.27. The molecule has 1 unspecified atom stereocenters. The molecule has 2 aromatic carbocycles. The number of alkyl halides is 6. The summed E-state index contributed by atoms with van der Waals surface area (Å²) in [6.45, 7) is 0. The van der Waals surface area contributed by atoms with Crippen molar-refractivity contribution in [3.8, 4) is 0 Å². The van der Waals surface area contributed by atoms with Gasteiger partial charge in [0.15, 0.2) is 0 Å². The zero-order chi connectivity index (χ0) is 17.1. The maximum absolute atomic E-state index is 13.4. The molecule has 0 saturated heterocycles. The first-order valence-electron chi connectivity index (χ1n) is 6.92. The van der Waals surface area contributed by atoms with E-state index in [2.05, 4.69) is 0 Å². The van der Waals surface area contributed by atoms with Crippen LogP contribution in [0, 0.1) is 0 Å². The quantitative estimate of drug-likeness (QED) is 0.632. The van der Waals surface area contributed by atoms with Crippen molar-refractivity contribution in [1.29, 1.82) is 0 Å². The molecule has 0 saturated carbocycles. The van der Waals surface area contributed by atoms with Crippen LogP contribution < -0.4 is 0 Å². The minimum atomic E-state index is -4.63. The Bertz CT molecular complexity index is 628. The summed E-state index contributed by atoms with van der Waals surface area (Å²) in [5.41, 5.74) is -0.226.